The molecule has 21 heavy (non-hydrogen) atoms. The van der Waals surface area contributed by atoms with Gasteiger partial charge in [-0.05, 0) is 19.8 Å². The number of aromatic nitrogens is 4. The van der Waals surface area contributed by atoms with Crippen LogP contribution in [0.15, 0.2) is 18.7 Å². The van der Waals surface area contributed by atoms with E-state index < -0.39 is 0 Å². The Morgan fingerprint density at radius 1 is 1.29 bits per heavy atom. The normalized spacial score (nSPS) is 10.6. The van der Waals surface area contributed by atoms with Gasteiger partial charge in [-0.25, -0.2) is 20.8 Å². The second-order valence-electron chi connectivity index (χ2n) is 4.94. The quantitative estimate of drug-likeness (QED) is 0.389. The number of nitrogens with zero attached hydrogens (tertiary/aromatic N) is 4. The van der Waals surface area contributed by atoms with Gasteiger partial charge in [0.05, 0.1) is 6.33 Å². The smallest absolute Gasteiger partial charge is 0.148 e. The summed E-state index contributed by atoms with van der Waals surface area (Å²) in [6.45, 7) is 5.84. The number of imidazole rings is 1. The first kappa shape index (κ1) is 15.2. The second-order valence-corrected chi connectivity index (χ2v) is 4.94. The van der Waals surface area contributed by atoms with Gasteiger partial charge in [0.15, 0.2) is 0 Å². The molecular formula is C14H23N7. The molecule has 0 aliphatic heterocycles. The number of hydrogen-bond acceptors (Lipinski definition) is 6. The van der Waals surface area contributed by atoms with Gasteiger partial charge in [-0.3, -0.25) is 0 Å². The van der Waals surface area contributed by atoms with Gasteiger partial charge in [0.25, 0.3) is 0 Å². The number of anilines is 2. The number of nitrogens with two attached hydrogens (primary N) is 1. The molecular weight excluding hydrogens is 266 g/mol. The zero-order chi connectivity index (χ0) is 15.1. The summed E-state index contributed by atoms with van der Waals surface area (Å²) in [6.07, 6.45) is 8.43. The first-order valence-electron chi connectivity index (χ1n) is 7.28. The van der Waals surface area contributed by atoms with Gasteiger partial charge in [-0.15, -0.1) is 0 Å². The molecule has 2 aromatic rings. The molecule has 0 radical (unpaired) electrons. The van der Waals surface area contributed by atoms with Crippen molar-refractivity contribution in [1.29, 1.82) is 0 Å². The maximum atomic E-state index is 5.53. The number of hydrazine groups is 1. The van der Waals surface area contributed by atoms with E-state index in [1.165, 1.54) is 0 Å². The molecule has 114 valence electrons. The zero-order valence-corrected chi connectivity index (χ0v) is 12.6. The lowest BCUT2D eigenvalue weighted by molar-refractivity contribution is 0.659. The van der Waals surface area contributed by atoms with Gasteiger partial charge in [-0.1, -0.05) is 6.92 Å². The molecule has 0 saturated heterocycles. The highest BCUT2D eigenvalue weighted by Gasteiger charge is 2.09. The van der Waals surface area contributed by atoms with Gasteiger partial charge in [0, 0.05) is 37.5 Å². The molecule has 2 heterocycles. The summed E-state index contributed by atoms with van der Waals surface area (Å²) >= 11 is 0. The minimum absolute atomic E-state index is 0.686. The average Bonchev–Trinajstić information content (AvgIpc) is 2.99. The molecule has 0 bridgehead atoms. The highest BCUT2D eigenvalue weighted by Crippen LogP contribution is 2.19. The summed E-state index contributed by atoms with van der Waals surface area (Å²) in [5.41, 5.74) is 3.59. The van der Waals surface area contributed by atoms with Crippen molar-refractivity contribution >= 4 is 11.6 Å². The Labute approximate surface area is 125 Å². The lowest BCUT2D eigenvalue weighted by Crippen LogP contribution is -2.15. The fourth-order valence-electron chi connectivity index (χ4n) is 2.10. The van der Waals surface area contributed by atoms with E-state index >= 15 is 0 Å². The van der Waals surface area contributed by atoms with Crippen LogP contribution in [0.1, 0.15) is 31.2 Å². The molecule has 2 rings (SSSR count). The highest BCUT2D eigenvalue weighted by atomic mass is 15.3. The number of nitrogens with one attached hydrogen (secondary N) is 2. The summed E-state index contributed by atoms with van der Waals surface area (Å²) in [7, 11) is 0. The maximum Gasteiger partial charge on any atom is 0.148 e. The number of hydrogen-bond donors (Lipinski definition) is 3. The average molecular weight is 289 g/mol. The summed E-state index contributed by atoms with van der Waals surface area (Å²) in [5.74, 6) is 7.88. The van der Waals surface area contributed by atoms with Crippen molar-refractivity contribution in [3.63, 3.8) is 0 Å². The second kappa shape index (κ2) is 7.58. The van der Waals surface area contributed by atoms with E-state index in [0.717, 1.165) is 49.6 Å². The zero-order valence-electron chi connectivity index (χ0n) is 12.6. The van der Waals surface area contributed by atoms with Crippen LogP contribution in [-0.2, 0) is 13.0 Å². The van der Waals surface area contributed by atoms with Gasteiger partial charge < -0.3 is 15.3 Å². The molecule has 0 atom stereocenters. The predicted octanol–water partition coefficient (Wildman–Crippen LogP) is 1.72. The molecule has 0 saturated carbocycles. The molecule has 0 spiro atoms. The first-order valence-corrected chi connectivity index (χ1v) is 7.28. The minimum Gasteiger partial charge on any atom is -0.370 e. The van der Waals surface area contributed by atoms with Crippen LogP contribution in [-0.4, -0.2) is 26.1 Å². The summed E-state index contributed by atoms with van der Waals surface area (Å²) < 4.78 is 2.06. The first-order chi connectivity index (χ1) is 10.2. The Kier molecular flexibility index (Phi) is 5.51. The van der Waals surface area contributed by atoms with Crippen molar-refractivity contribution in [3.8, 4) is 0 Å². The molecule has 0 aromatic carbocycles. The van der Waals surface area contributed by atoms with Crippen molar-refractivity contribution in [1.82, 2.24) is 19.5 Å². The highest BCUT2D eigenvalue weighted by molar-refractivity contribution is 5.56. The lowest BCUT2D eigenvalue weighted by atomic mass is 10.2. The van der Waals surface area contributed by atoms with Crippen LogP contribution >= 0.6 is 0 Å². The van der Waals surface area contributed by atoms with Crippen LogP contribution in [0.5, 0.6) is 0 Å². The van der Waals surface area contributed by atoms with E-state index in [9.17, 15) is 0 Å². The van der Waals surface area contributed by atoms with E-state index in [4.69, 9.17) is 5.84 Å². The maximum absolute atomic E-state index is 5.53. The van der Waals surface area contributed by atoms with E-state index in [2.05, 4.69) is 37.2 Å². The molecule has 0 unspecified atom stereocenters. The summed E-state index contributed by atoms with van der Waals surface area (Å²) in [5, 5.41) is 3.37. The van der Waals surface area contributed by atoms with E-state index in [1.54, 1.807) is 6.20 Å². The van der Waals surface area contributed by atoms with Crippen LogP contribution in [0, 0.1) is 6.92 Å². The molecule has 7 heteroatoms. The Hall–Kier alpha value is -2.15. The molecule has 0 aliphatic rings. The number of nitrogen functional groups attached to an aromatic ring is 1. The van der Waals surface area contributed by atoms with E-state index in [0.29, 0.717) is 5.82 Å². The van der Waals surface area contributed by atoms with Crippen molar-refractivity contribution in [2.24, 2.45) is 5.84 Å². The van der Waals surface area contributed by atoms with Crippen LogP contribution in [0.2, 0.25) is 0 Å². The van der Waals surface area contributed by atoms with E-state index in [1.807, 2.05) is 19.4 Å². The fraction of sp³-hybridized carbons (Fsp3) is 0.500. The fourth-order valence-corrected chi connectivity index (χ4v) is 2.10. The van der Waals surface area contributed by atoms with Crippen molar-refractivity contribution in [2.75, 3.05) is 17.3 Å². The van der Waals surface area contributed by atoms with Crippen LogP contribution in [0.25, 0.3) is 0 Å². The van der Waals surface area contributed by atoms with Crippen LogP contribution in [0.3, 0.4) is 0 Å². The van der Waals surface area contributed by atoms with Crippen molar-refractivity contribution < 1.29 is 0 Å². The third-order valence-electron chi connectivity index (χ3n) is 3.25. The molecule has 4 N–H and O–H groups in total. The molecule has 2 aromatic heterocycles. The van der Waals surface area contributed by atoms with Gasteiger partial charge >= 0.3 is 0 Å². The summed E-state index contributed by atoms with van der Waals surface area (Å²) in [6, 6.07) is 0. The number of rotatable bonds is 8. The summed E-state index contributed by atoms with van der Waals surface area (Å²) in [4.78, 5) is 13.0. The van der Waals surface area contributed by atoms with Gasteiger partial charge in [-0.2, -0.15) is 0 Å². The van der Waals surface area contributed by atoms with Crippen molar-refractivity contribution in [2.45, 2.75) is 39.7 Å². The largest absolute Gasteiger partial charge is 0.370 e. The Balaban J connectivity index is 1.96. The van der Waals surface area contributed by atoms with Crippen LogP contribution < -0.4 is 16.6 Å². The monoisotopic (exact) mass is 289 g/mol. The molecule has 0 amide bonds. The van der Waals surface area contributed by atoms with Gasteiger partial charge in [0.1, 0.15) is 17.5 Å². The van der Waals surface area contributed by atoms with Crippen LogP contribution in [0.4, 0.5) is 11.6 Å². The molecule has 0 fully saturated rings. The molecule has 0 aliphatic carbocycles. The predicted molar refractivity (Wildman–Crippen MR) is 83.9 cm³/mol. The number of aryl methyl sites for hydroxylation is 2. The third-order valence-corrected chi connectivity index (χ3v) is 3.25. The third kappa shape index (κ3) is 4.16. The van der Waals surface area contributed by atoms with Gasteiger partial charge in [0.2, 0.25) is 0 Å². The lowest BCUT2D eigenvalue weighted by Gasteiger charge is -2.13. The van der Waals surface area contributed by atoms with E-state index in [-0.39, 0.29) is 0 Å². The Bertz CT molecular complexity index is 551. The Morgan fingerprint density at radius 2 is 2.10 bits per heavy atom. The standard InChI is InChI=1S/C14H23N7/c1-3-5-12-18-13(11(2)14(19-12)20-15)17-6-4-8-21-9-7-16-10-21/h7,9-10H,3-6,8,15H2,1-2H3,(H2,17,18,19,20). The minimum atomic E-state index is 0.686. The molecule has 7 nitrogen and oxygen atoms in total. The topological polar surface area (TPSA) is 93.7 Å². The van der Waals surface area contributed by atoms with Crippen molar-refractivity contribution in [3.05, 3.63) is 30.1 Å². The Morgan fingerprint density at radius 3 is 2.76 bits per heavy atom. The SMILES string of the molecule is CCCc1nc(NN)c(C)c(NCCCn2ccnc2)n1.